The average Bonchev–Trinajstić information content (AvgIpc) is 3.04. The monoisotopic (exact) mass is 272 g/mol. The molecular formula is C18H10NS. The van der Waals surface area contributed by atoms with Gasteiger partial charge in [0.25, 0.3) is 0 Å². The molecule has 0 saturated heterocycles. The quantitative estimate of drug-likeness (QED) is 0.383. The van der Waals surface area contributed by atoms with Crippen molar-refractivity contribution >= 4 is 53.3 Å². The largest absolute Gasteiger partial charge is 0.354 e. The molecule has 0 bridgehead atoms. The highest BCUT2D eigenvalue weighted by atomic mass is 32.1. The van der Waals surface area contributed by atoms with Crippen LogP contribution in [0.1, 0.15) is 0 Å². The molecule has 20 heavy (non-hydrogen) atoms. The maximum absolute atomic E-state index is 3.49. The summed E-state index contributed by atoms with van der Waals surface area (Å²) in [4.78, 5) is 3.49. The van der Waals surface area contributed by atoms with E-state index in [1.807, 2.05) is 23.5 Å². The van der Waals surface area contributed by atoms with E-state index in [-0.39, 0.29) is 0 Å². The number of hydrogen-bond donors (Lipinski definition) is 1. The van der Waals surface area contributed by atoms with Crippen LogP contribution in [0.3, 0.4) is 0 Å². The van der Waals surface area contributed by atoms with Crippen LogP contribution in [0.15, 0.2) is 54.6 Å². The lowest BCUT2D eigenvalue weighted by Crippen LogP contribution is -1.69. The summed E-state index contributed by atoms with van der Waals surface area (Å²) >= 11 is 1.87. The zero-order valence-corrected chi connectivity index (χ0v) is 11.4. The number of aromatic nitrogens is 1. The highest BCUT2D eigenvalue weighted by Crippen LogP contribution is 2.40. The second-order valence-electron chi connectivity index (χ2n) is 5.05. The van der Waals surface area contributed by atoms with E-state index in [1.165, 1.54) is 36.5 Å². The summed E-state index contributed by atoms with van der Waals surface area (Å²) < 4.78 is 2.71. The number of fused-ring (bicyclic) bond motifs is 7. The summed E-state index contributed by atoms with van der Waals surface area (Å²) in [6.07, 6.45) is 0. The van der Waals surface area contributed by atoms with Crippen LogP contribution in [-0.4, -0.2) is 4.98 Å². The Hall–Kier alpha value is -2.32. The molecule has 1 nitrogen and oxygen atoms in total. The lowest BCUT2D eigenvalue weighted by atomic mass is 10.1. The van der Waals surface area contributed by atoms with E-state index in [4.69, 9.17) is 0 Å². The van der Waals surface area contributed by atoms with Crippen LogP contribution in [0.4, 0.5) is 0 Å². The van der Waals surface area contributed by atoms with E-state index in [9.17, 15) is 0 Å². The van der Waals surface area contributed by atoms with E-state index < -0.39 is 0 Å². The molecular weight excluding hydrogens is 262 g/mol. The Balaban J connectivity index is 2.14. The first kappa shape index (κ1) is 10.5. The van der Waals surface area contributed by atoms with Crippen molar-refractivity contribution in [3.63, 3.8) is 0 Å². The maximum Gasteiger partial charge on any atom is 0.0479 e. The molecule has 93 valence electrons. The molecule has 5 rings (SSSR count). The highest BCUT2D eigenvalue weighted by Gasteiger charge is 2.11. The normalized spacial score (nSPS) is 12.0. The standard InChI is InChI=1S/C18H10NS/c1-3-7-14-13(6-1)17-15(19-14)10-9-12-11-5-2-4-8-16(11)20-18(12)17/h1-5,7-10,19H. The molecule has 2 aromatic heterocycles. The fraction of sp³-hybridized carbons (Fsp3) is 0. The van der Waals surface area contributed by atoms with E-state index >= 15 is 0 Å². The average molecular weight is 272 g/mol. The van der Waals surface area contributed by atoms with Crippen molar-refractivity contribution in [3.8, 4) is 0 Å². The zero-order valence-electron chi connectivity index (χ0n) is 10.6. The smallest absolute Gasteiger partial charge is 0.0479 e. The van der Waals surface area contributed by atoms with Gasteiger partial charge in [0, 0.05) is 42.0 Å². The summed E-state index contributed by atoms with van der Waals surface area (Å²) in [5.41, 5.74) is 2.36. The van der Waals surface area contributed by atoms with Crippen LogP contribution in [-0.2, 0) is 0 Å². The van der Waals surface area contributed by atoms with Crippen LogP contribution < -0.4 is 0 Å². The molecule has 1 N–H and O–H groups in total. The summed E-state index contributed by atoms with van der Waals surface area (Å²) in [6, 6.07) is 22.6. The lowest BCUT2D eigenvalue weighted by Gasteiger charge is -1.94. The Morgan fingerprint density at radius 1 is 0.850 bits per heavy atom. The number of hydrogen-bond acceptors (Lipinski definition) is 1. The van der Waals surface area contributed by atoms with Gasteiger partial charge in [-0.15, -0.1) is 11.3 Å². The molecule has 0 saturated carbocycles. The minimum Gasteiger partial charge on any atom is -0.354 e. The molecule has 0 atom stereocenters. The molecule has 1 radical (unpaired) electrons. The SMILES string of the molecule is [c]1cccc2[nH]c3ccc4c5ccccc5sc4c3c12. The molecule has 0 aliphatic heterocycles. The van der Waals surface area contributed by atoms with Gasteiger partial charge in [-0.3, -0.25) is 0 Å². The molecule has 0 aliphatic carbocycles. The number of benzene rings is 3. The van der Waals surface area contributed by atoms with Crippen LogP contribution >= 0.6 is 11.3 Å². The van der Waals surface area contributed by atoms with E-state index in [2.05, 4.69) is 53.5 Å². The summed E-state index contributed by atoms with van der Waals surface area (Å²) in [5.74, 6) is 0. The van der Waals surface area contributed by atoms with E-state index in [0.717, 1.165) is 5.52 Å². The topological polar surface area (TPSA) is 15.8 Å². The Labute approximate surface area is 119 Å². The Morgan fingerprint density at radius 3 is 2.80 bits per heavy atom. The second kappa shape index (κ2) is 3.62. The van der Waals surface area contributed by atoms with Gasteiger partial charge in [0.05, 0.1) is 0 Å². The fourth-order valence-corrected chi connectivity index (χ4v) is 4.29. The third-order valence-corrected chi connectivity index (χ3v) is 5.13. The van der Waals surface area contributed by atoms with Crippen LogP contribution in [0.5, 0.6) is 0 Å². The van der Waals surface area contributed by atoms with E-state index in [0.29, 0.717) is 0 Å². The number of rotatable bonds is 0. The molecule has 0 unspecified atom stereocenters. The molecule has 3 aromatic carbocycles. The molecule has 5 aromatic rings. The van der Waals surface area contributed by atoms with Crippen molar-refractivity contribution < 1.29 is 0 Å². The minimum absolute atomic E-state index is 1.16. The predicted molar refractivity (Wildman–Crippen MR) is 87.5 cm³/mol. The van der Waals surface area contributed by atoms with Gasteiger partial charge in [0.2, 0.25) is 0 Å². The highest BCUT2D eigenvalue weighted by molar-refractivity contribution is 7.26. The van der Waals surface area contributed by atoms with Gasteiger partial charge in [-0.2, -0.15) is 0 Å². The summed E-state index contributed by atoms with van der Waals surface area (Å²) in [7, 11) is 0. The fourth-order valence-electron chi connectivity index (χ4n) is 3.03. The minimum atomic E-state index is 1.16. The molecule has 0 fully saturated rings. The molecule has 0 amide bonds. The van der Waals surface area contributed by atoms with Gasteiger partial charge >= 0.3 is 0 Å². The Bertz CT molecular complexity index is 1100. The first-order valence-corrected chi connectivity index (χ1v) is 7.46. The molecule has 2 heterocycles. The van der Waals surface area contributed by atoms with Crippen molar-refractivity contribution in [3.05, 3.63) is 60.7 Å². The van der Waals surface area contributed by atoms with Gasteiger partial charge in [0.1, 0.15) is 0 Å². The Morgan fingerprint density at radius 2 is 1.80 bits per heavy atom. The van der Waals surface area contributed by atoms with Gasteiger partial charge in [-0.1, -0.05) is 36.4 Å². The van der Waals surface area contributed by atoms with Crippen LogP contribution in [0.25, 0.3) is 42.0 Å². The van der Waals surface area contributed by atoms with Crippen molar-refractivity contribution in [2.75, 3.05) is 0 Å². The van der Waals surface area contributed by atoms with Crippen molar-refractivity contribution in [2.45, 2.75) is 0 Å². The van der Waals surface area contributed by atoms with Gasteiger partial charge in [0.15, 0.2) is 0 Å². The number of H-pyrrole nitrogens is 1. The Kier molecular flexibility index (Phi) is 1.89. The lowest BCUT2D eigenvalue weighted by molar-refractivity contribution is 1.55. The predicted octanol–water partition coefficient (Wildman–Crippen LogP) is 5.49. The molecule has 0 spiro atoms. The van der Waals surface area contributed by atoms with Crippen LogP contribution in [0, 0.1) is 6.07 Å². The number of nitrogens with one attached hydrogen (secondary N) is 1. The molecule has 2 heteroatoms. The van der Waals surface area contributed by atoms with E-state index in [1.54, 1.807) is 0 Å². The van der Waals surface area contributed by atoms with Crippen LogP contribution in [0.2, 0.25) is 0 Å². The summed E-state index contributed by atoms with van der Waals surface area (Å²) in [5, 5.41) is 5.19. The first-order chi connectivity index (χ1) is 9.92. The molecule has 0 aliphatic rings. The second-order valence-corrected chi connectivity index (χ2v) is 6.10. The third kappa shape index (κ3) is 1.22. The maximum atomic E-state index is 3.49. The van der Waals surface area contributed by atoms with Crippen molar-refractivity contribution in [1.29, 1.82) is 0 Å². The number of thiophene rings is 1. The van der Waals surface area contributed by atoms with Crippen molar-refractivity contribution in [1.82, 2.24) is 4.98 Å². The van der Waals surface area contributed by atoms with Gasteiger partial charge in [-0.25, -0.2) is 0 Å². The number of aromatic amines is 1. The van der Waals surface area contributed by atoms with Crippen molar-refractivity contribution in [2.24, 2.45) is 0 Å². The van der Waals surface area contributed by atoms with Gasteiger partial charge in [-0.05, 0) is 24.3 Å². The first-order valence-electron chi connectivity index (χ1n) is 6.64. The zero-order chi connectivity index (χ0) is 13.1. The van der Waals surface area contributed by atoms with Gasteiger partial charge < -0.3 is 4.98 Å². The summed E-state index contributed by atoms with van der Waals surface area (Å²) in [6.45, 7) is 0. The third-order valence-electron chi connectivity index (χ3n) is 3.92.